The molecular weight excluding hydrogens is 294 g/mol. The number of aryl methyl sites for hydroxylation is 1. The smallest absolute Gasteiger partial charge is 0.130 e. The molecule has 0 unspecified atom stereocenters. The van der Waals surface area contributed by atoms with E-state index in [-0.39, 0.29) is 5.82 Å². The van der Waals surface area contributed by atoms with Gasteiger partial charge in [0.2, 0.25) is 0 Å². The average molecular weight is 304 g/mol. The van der Waals surface area contributed by atoms with Crippen molar-refractivity contribution < 1.29 is 4.39 Å². The summed E-state index contributed by atoms with van der Waals surface area (Å²) in [7, 11) is 0. The zero-order valence-electron chi connectivity index (χ0n) is 8.60. The normalized spacial score (nSPS) is 11.0. The van der Waals surface area contributed by atoms with Crippen molar-refractivity contribution in [2.75, 3.05) is 0 Å². The molecule has 2 rings (SSSR count). The molecule has 1 aromatic heterocycles. The first-order valence-corrected chi connectivity index (χ1v) is 6.10. The van der Waals surface area contributed by atoms with Crippen molar-refractivity contribution in [2.45, 2.75) is 19.8 Å². The molecular formula is C11H9BrClFN2. The molecule has 1 heterocycles. The van der Waals surface area contributed by atoms with Gasteiger partial charge >= 0.3 is 0 Å². The minimum atomic E-state index is -0.384. The number of benzene rings is 1. The standard InChI is InChI=1S/C11H9BrClFN2/c1-2-3-9-15-10-7(11(12)16-9)4-6(14)5-8(10)13/h4-5H,2-3H2,1H3. The molecule has 0 aliphatic carbocycles. The highest BCUT2D eigenvalue weighted by molar-refractivity contribution is 9.10. The Kier molecular flexibility index (Phi) is 3.40. The molecule has 0 amide bonds. The quantitative estimate of drug-likeness (QED) is 0.779. The van der Waals surface area contributed by atoms with Crippen molar-refractivity contribution in [3.8, 4) is 0 Å². The predicted octanol–water partition coefficient (Wildman–Crippen LogP) is 4.14. The van der Waals surface area contributed by atoms with Gasteiger partial charge in [0.05, 0.1) is 10.5 Å². The summed E-state index contributed by atoms with van der Waals surface area (Å²) in [4.78, 5) is 8.58. The van der Waals surface area contributed by atoms with E-state index in [1.54, 1.807) is 0 Å². The van der Waals surface area contributed by atoms with E-state index in [1.807, 2.05) is 6.92 Å². The Labute approximate surface area is 106 Å². The Balaban J connectivity index is 2.71. The zero-order valence-corrected chi connectivity index (χ0v) is 10.9. The van der Waals surface area contributed by atoms with Crippen LogP contribution in [0.25, 0.3) is 10.9 Å². The maximum atomic E-state index is 13.2. The van der Waals surface area contributed by atoms with Crippen LogP contribution in [-0.4, -0.2) is 9.97 Å². The lowest BCUT2D eigenvalue weighted by molar-refractivity contribution is 0.629. The monoisotopic (exact) mass is 302 g/mol. The maximum absolute atomic E-state index is 13.2. The fourth-order valence-electron chi connectivity index (χ4n) is 1.50. The van der Waals surface area contributed by atoms with Crippen LogP contribution in [-0.2, 0) is 6.42 Å². The van der Waals surface area contributed by atoms with E-state index in [2.05, 4.69) is 25.9 Å². The van der Waals surface area contributed by atoms with Crippen molar-refractivity contribution >= 4 is 38.4 Å². The van der Waals surface area contributed by atoms with Crippen LogP contribution in [0.3, 0.4) is 0 Å². The molecule has 2 nitrogen and oxygen atoms in total. The fraction of sp³-hybridized carbons (Fsp3) is 0.273. The lowest BCUT2D eigenvalue weighted by Crippen LogP contribution is -1.97. The Morgan fingerprint density at radius 1 is 1.38 bits per heavy atom. The topological polar surface area (TPSA) is 25.8 Å². The number of rotatable bonds is 2. The Morgan fingerprint density at radius 2 is 2.12 bits per heavy atom. The third-order valence-electron chi connectivity index (χ3n) is 2.19. The number of hydrogen-bond acceptors (Lipinski definition) is 2. The third-order valence-corrected chi connectivity index (χ3v) is 3.08. The van der Waals surface area contributed by atoms with Crippen molar-refractivity contribution in [3.63, 3.8) is 0 Å². The fourth-order valence-corrected chi connectivity index (χ4v) is 2.26. The lowest BCUT2D eigenvalue weighted by atomic mass is 10.2. The second-order valence-electron chi connectivity index (χ2n) is 3.46. The Bertz CT molecular complexity index is 545. The van der Waals surface area contributed by atoms with Gasteiger partial charge in [-0.25, -0.2) is 14.4 Å². The summed E-state index contributed by atoms with van der Waals surface area (Å²) in [5.74, 6) is 0.334. The van der Waals surface area contributed by atoms with E-state index in [0.29, 0.717) is 20.5 Å². The lowest BCUT2D eigenvalue weighted by Gasteiger charge is -2.05. The molecule has 0 radical (unpaired) electrons. The molecule has 0 N–H and O–H groups in total. The molecule has 0 aliphatic heterocycles. The van der Waals surface area contributed by atoms with Gasteiger partial charge in [0, 0.05) is 11.8 Å². The van der Waals surface area contributed by atoms with Crippen LogP contribution >= 0.6 is 27.5 Å². The second-order valence-corrected chi connectivity index (χ2v) is 4.62. The summed E-state index contributed by atoms with van der Waals surface area (Å²) in [6, 6.07) is 2.64. The molecule has 0 fully saturated rings. The van der Waals surface area contributed by atoms with Crippen LogP contribution in [0.15, 0.2) is 16.7 Å². The number of fused-ring (bicyclic) bond motifs is 1. The maximum Gasteiger partial charge on any atom is 0.130 e. The van der Waals surface area contributed by atoms with Crippen LogP contribution in [0.2, 0.25) is 5.02 Å². The molecule has 0 bridgehead atoms. The molecule has 84 valence electrons. The zero-order chi connectivity index (χ0) is 11.7. The minimum Gasteiger partial charge on any atom is -0.231 e. The summed E-state index contributed by atoms with van der Waals surface area (Å²) in [5, 5.41) is 0.917. The predicted molar refractivity (Wildman–Crippen MR) is 66.2 cm³/mol. The molecule has 5 heteroatoms. The molecule has 0 aliphatic rings. The first-order chi connectivity index (χ1) is 7.61. The highest BCUT2D eigenvalue weighted by Crippen LogP contribution is 2.28. The first-order valence-electron chi connectivity index (χ1n) is 4.93. The molecule has 1 aromatic carbocycles. The second kappa shape index (κ2) is 4.63. The molecule has 0 saturated carbocycles. The number of aromatic nitrogens is 2. The van der Waals surface area contributed by atoms with Crippen LogP contribution in [0.5, 0.6) is 0 Å². The SMILES string of the molecule is CCCc1nc(Br)c2cc(F)cc(Cl)c2n1. The van der Waals surface area contributed by atoms with Gasteiger partial charge in [-0.1, -0.05) is 18.5 Å². The van der Waals surface area contributed by atoms with Gasteiger partial charge in [-0.2, -0.15) is 0 Å². The van der Waals surface area contributed by atoms with E-state index in [4.69, 9.17) is 11.6 Å². The van der Waals surface area contributed by atoms with Crippen LogP contribution in [0.4, 0.5) is 4.39 Å². The molecule has 0 spiro atoms. The van der Waals surface area contributed by atoms with Crippen LogP contribution in [0.1, 0.15) is 19.2 Å². The van der Waals surface area contributed by atoms with Crippen LogP contribution in [0, 0.1) is 5.82 Å². The van der Waals surface area contributed by atoms with Crippen molar-refractivity contribution in [3.05, 3.63) is 33.4 Å². The Hall–Kier alpha value is -0.740. The number of hydrogen-bond donors (Lipinski definition) is 0. The Morgan fingerprint density at radius 3 is 2.81 bits per heavy atom. The van der Waals surface area contributed by atoms with Gasteiger partial charge in [0.1, 0.15) is 16.2 Å². The number of nitrogens with zero attached hydrogens (tertiary/aromatic N) is 2. The third kappa shape index (κ3) is 2.18. The first kappa shape index (κ1) is 11.7. The molecule has 0 atom stereocenters. The van der Waals surface area contributed by atoms with Gasteiger partial charge in [-0.3, -0.25) is 0 Å². The molecule has 0 saturated heterocycles. The van der Waals surface area contributed by atoms with E-state index in [9.17, 15) is 4.39 Å². The molecule has 2 aromatic rings. The molecule has 16 heavy (non-hydrogen) atoms. The van der Waals surface area contributed by atoms with Crippen molar-refractivity contribution in [2.24, 2.45) is 0 Å². The van der Waals surface area contributed by atoms with Crippen molar-refractivity contribution in [1.82, 2.24) is 9.97 Å². The summed E-state index contributed by atoms with van der Waals surface area (Å²) in [6.07, 6.45) is 1.74. The van der Waals surface area contributed by atoms with E-state index < -0.39 is 0 Å². The van der Waals surface area contributed by atoms with Crippen LogP contribution < -0.4 is 0 Å². The summed E-state index contributed by atoms with van der Waals surface area (Å²) in [5.41, 5.74) is 0.591. The van der Waals surface area contributed by atoms with Gasteiger partial charge in [0.15, 0.2) is 0 Å². The highest BCUT2D eigenvalue weighted by atomic mass is 79.9. The summed E-state index contributed by atoms with van der Waals surface area (Å²) >= 11 is 9.26. The van der Waals surface area contributed by atoms with Gasteiger partial charge in [-0.05, 0) is 34.5 Å². The van der Waals surface area contributed by atoms with Gasteiger partial charge in [0.25, 0.3) is 0 Å². The van der Waals surface area contributed by atoms with E-state index >= 15 is 0 Å². The number of halogens is 3. The minimum absolute atomic E-state index is 0.315. The largest absolute Gasteiger partial charge is 0.231 e. The van der Waals surface area contributed by atoms with E-state index in [0.717, 1.165) is 18.7 Å². The van der Waals surface area contributed by atoms with Gasteiger partial charge < -0.3 is 0 Å². The average Bonchev–Trinajstić information content (AvgIpc) is 2.20. The van der Waals surface area contributed by atoms with Gasteiger partial charge in [-0.15, -0.1) is 0 Å². The highest BCUT2D eigenvalue weighted by Gasteiger charge is 2.10. The summed E-state index contributed by atoms with van der Waals surface area (Å²) in [6.45, 7) is 2.05. The van der Waals surface area contributed by atoms with Crippen molar-refractivity contribution in [1.29, 1.82) is 0 Å². The summed E-state index contributed by atoms with van der Waals surface area (Å²) < 4.78 is 13.8. The van der Waals surface area contributed by atoms with E-state index in [1.165, 1.54) is 12.1 Å².